The van der Waals surface area contributed by atoms with Crippen LogP contribution >= 0.6 is 0 Å². The van der Waals surface area contributed by atoms with Crippen molar-refractivity contribution in [1.29, 1.82) is 0 Å². The maximum Gasteiger partial charge on any atom is 0.219 e. The van der Waals surface area contributed by atoms with Gasteiger partial charge in [-0.05, 0) is 18.9 Å². The van der Waals surface area contributed by atoms with Crippen LogP contribution in [0.5, 0.6) is 5.75 Å². The Hall–Kier alpha value is -3.73. The number of pyridine rings is 1. The van der Waals surface area contributed by atoms with E-state index in [0.717, 1.165) is 50.4 Å². The summed E-state index contributed by atoms with van der Waals surface area (Å²) in [4.78, 5) is 30.1. The molecule has 3 aromatic rings. The van der Waals surface area contributed by atoms with E-state index in [1.807, 2.05) is 27.9 Å². The molecule has 3 aliphatic heterocycles. The van der Waals surface area contributed by atoms with Crippen LogP contribution in [0.25, 0.3) is 11.4 Å². The number of aromatic nitrogens is 5. The summed E-state index contributed by atoms with van der Waals surface area (Å²) in [7, 11) is 1.63. The quantitative estimate of drug-likeness (QED) is 0.557. The number of hydrogen-bond acceptors (Lipinski definition) is 9. The predicted octanol–water partition coefficient (Wildman–Crippen LogP) is 2.51. The second-order valence-corrected chi connectivity index (χ2v) is 9.90. The molecule has 3 aliphatic rings. The Morgan fingerprint density at radius 3 is 2.67 bits per heavy atom. The van der Waals surface area contributed by atoms with Crippen LogP contribution in [-0.4, -0.2) is 82.0 Å². The molecule has 1 N–H and O–H groups in total. The Morgan fingerprint density at radius 1 is 1.17 bits per heavy atom. The van der Waals surface area contributed by atoms with Crippen molar-refractivity contribution >= 4 is 23.4 Å². The molecule has 3 aromatic heterocycles. The minimum absolute atomic E-state index is 0.164. The van der Waals surface area contributed by atoms with Crippen LogP contribution in [0.4, 0.5) is 17.5 Å². The Bertz CT molecular complexity index is 1260. The zero-order chi connectivity index (χ0) is 24.7. The van der Waals surface area contributed by atoms with E-state index < -0.39 is 0 Å². The molecule has 0 atom stereocenters. The van der Waals surface area contributed by atoms with Gasteiger partial charge in [0.15, 0.2) is 5.82 Å². The first-order valence-electron chi connectivity index (χ1n) is 12.3. The van der Waals surface area contributed by atoms with Gasteiger partial charge >= 0.3 is 0 Å². The zero-order valence-corrected chi connectivity index (χ0v) is 20.6. The molecule has 0 unspecified atom stereocenters. The fourth-order valence-corrected chi connectivity index (χ4v) is 5.09. The highest BCUT2D eigenvalue weighted by Crippen LogP contribution is 2.43. The first kappa shape index (κ1) is 22.7. The van der Waals surface area contributed by atoms with Crippen molar-refractivity contribution in [3.63, 3.8) is 0 Å². The summed E-state index contributed by atoms with van der Waals surface area (Å²) in [6, 6.07) is 5.86. The summed E-state index contributed by atoms with van der Waals surface area (Å²) in [5.41, 5.74) is 1.10. The van der Waals surface area contributed by atoms with Gasteiger partial charge in [-0.1, -0.05) is 0 Å². The summed E-state index contributed by atoms with van der Waals surface area (Å²) in [6.45, 7) is 6.50. The lowest BCUT2D eigenvalue weighted by atomic mass is 9.72. The third kappa shape index (κ3) is 4.34. The highest BCUT2D eigenvalue weighted by molar-refractivity contribution is 5.73. The molecule has 6 heterocycles. The van der Waals surface area contributed by atoms with Crippen molar-refractivity contribution in [1.82, 2.24) is 29.6 Å². The van der Waals surface area contributed by atoms with Gasteiger partial charge in [0, 0.05) is 63.0 Å². The normalized spacial score (nSPS) is 19.1. The SMILES string of the molecule is COc1ccnc(Nc2cc(N3CC4(CCN(C(C)=O)CC4)C3)nc(-c3cnn(C4COC4)c3)n2)c1. The predicted molar refractivity (Wildman–Crippen MR) is 133 cm³/mol. The summed E-state index contributed by atoms with van der Waals surface area (Å²) >= 11 is 0. The first-order chi connectivity index (χ1) is 17.5. The van der Waals surface area contributed by atoms with E-state index >= 15 is 0 Å². The van der Waals surface area contributed by atoms with Gasteiger partial charge < -0.3 is 24.6 Å². The molecule has 3 saturated heterocycles. The number of nitrogens with one attached hydrogen (secondary N) is 1. The van der Waals surface area contributed by atoms with Gasteiger partial charge in [0.05, 0.1) is 38.1 Å². The molecule has 0 bridgehead atoms. The Labute approximate surface area is 209 Å². The molecule has 36 heavy (non-hydrogen) atoms. The average Bonchev–Trinajstić information content (AvgIpc) is 3.31. The standard InChI is InChI=1S/C25H30N8O3/c1-17(34)31-7-4-25(5-8-31)15-32(16-25)23-10-22(28-21-9-20(35-2)3-6-26-21)29-24(30-23)18-11-27-33(12-18)19-13-36-14-19/h3,6,9-12,19H,4-5,7-8,13-16H2,1-2H3,(H,26,28,29,30). The molecule has 3 fully saturated rings. The molecule has 1 amide bonds. The highest BCUT2D eigenvalue weighted by Gasteiger charge is 2.45. The largest absolute Gasteiger partial charge is 0.497 e. The number of anilines is 3. The summed E-state index contributed by atoms with van der Waals surface area (Å²) < 4.78 is 12.6. The van der Waals surface area contributed by atoms with Crippen molar-refractivity contribution in [2.24, 2.45) is 5.41 Å². The van der Waals surface area contributed by atoms with E-state index in [1.54, 1.807) is 32.5 Å². The molecular weight excluding hydrogens is 460 g/mol. The molecule has 1 spiro atoms. The third-order valence-corrected chi connectivity index (χ3v) is 7.44. The molecule has 11 heteroatoms. The number of hydrogen-bond donors (Lipinski definition) is 1. The average molecular weight is 491 g/mol. The number of carbonyl (C=O) groups is 1. The molecule has 11 nitrogen and oxygen atoms in total. The molecule has 188 valence electrons. The maximum absolute atomic E-state index is 11.7. The molecule has 0 aromatic carbocycles. The number of methoxy groups -OCH3 is 1. The van der Waals surface area contributed by atoms with E-state index in [9.17, 15) is 4.79 Å². The lowest BCUT2D eigenvalue weighted by Gasteiger charge is -2.54. The van der Waals surface area contributed by atoms with Crippen LogP contribution < -0.4 is 15.0 Å². The van der Waals surface area contributed by atoms with Crippen LogP contribution in [-0.2, 0) is 9.53 Å². The molecule has 0 radical (unpaired) electrons. The van der Waals surface area contributed by atoms with Crippen LogP contribution in [0.15, 0.2) is 36.8 Å². The van der Waals surface area contributed by atoms with E-state index in [4.69, 9.17) is 19.4 Å². The maximum atomic E-state index is 11.7. The molecule has 0 aliphatic carbocycles. The molecular formula is C25H30N8O3. The van der Waals surface area contributed by atoms with Gasteiger partial charge in [-0.2, -0.15) is 5.10 Å². The van der Waals surface area contributed by atoms with Crippen LogP contribution in [0.1, 0.15) is 25.8 Å². The van der Waals surface area contributed by atoms with E-state index in [0.29, 0.717) is 36.4 Å². The summed E-state index contributed by atoms with van der Waals surface area (Å²) in [6.07, 6.45) is 7.53. The van der Waals surface area contributed by atoms with Gasteiger partial charge in [0.2, 0.25) is 5.91 Å². The van der Waals surface area contributed by atoms with Crippen molar-refractivity contribution < 1.29 is 14.3 Å². The van der Waals surface area contributed by atoms with Gasteiger partial charge in [0.25, 0.3) is 0 Å². The van der Waals surface area contributed by atoms with Crippen LogP contribution in [0.2, 0.25) is 0 Å². The van der Waals surface area contributed by atoms with E-state index in [2.05, 4.69) is 20.3 Å². The number of likely N-dealkylation sites (tertiary alicyclic amines) is 1. The van der Waals surface area contributed by atoms with Crippen molar-refractivity contribution in [2.75, 3.05) is 56.7 Å². The highest BCUT2D eigenvalue weighted by atomic mass is 16.5. The fraction of sp³-hybridized carbons (Fsp3) is 0.480. The smallest absolute Gasteiger partial charge is 0.219 e. The Balaban J connectivity index is 1.26. The second-order valence-electron chi connectivity index (χ2n) is 9.90. The number of amides is 1. The van der Waals surface area contributed by atoms with Crippen molar-refractivity contribution in [2.45, 2.75) is 25.8 Å². The number of piperidine rings is 1. The number of carbonyl (C=O) groups excluding carboxylic acids is 1. The molecule has 6 rings (SSSR count). The third-order valence-electron chi connectivity index (χ3n) is 7.44. The molecule has 0 saturated carbocycles. The number of ether oxygens (including phenoxy) is 2. The van der Waals surface area contributed by atoms with Gasteiger partial charge in [-0.15, -0.1) is 0 Å². The van der Waals surface area contributed by atoms with Gasteiger partial charge in [-0.25, -0.2) is 15.0 Å². The summed E-state index contributed by atoms with van der Waals surface area (Å²) in [5.74, 6) is 3.65. The monoisotopic (exact) mass is 490 g/mol. The second kappa shape index (κ2) is 9.05. The van der Waals surface area contributed by atoms with Gasteiger partial charge in [-0.3, -0.25) is 9.48 Å². The van der Waals surface area contributed by atoms with Crippen molar-refractivity contribution in [3.05, 3.63) is 36.8 Å². The Morgan fingerprint density at radius 2 is 1.97 bits per heavy atom. The topological polar surface area (TPSA) is 111 Å². The lowest BCUT2D eigenvalue weighted by Crippen LogP contribution is -2.61. The minimum Gasteiger partial charge on any atom is -0.497 e. The van der Waals surface area contributed by atoms with E-state index in [1.165, 1.54) is 0 Å². The lowest BCUT2D eigenvalue weighted by molar-refractivity contribution is -0.131. The van der Waals surface area contributed by atoms with Crippen LogP contribution in [0.3, 0.4) is 0 Å². The minimum atomic E-state index is 0.164. The van der Waals surface area contributed by atoms with Crippen molar-refractivity contribution in [3.8, 4) is 17.1 Å². The number of nitrogens with zero attached hydrogens (tertiary/aromatic N) is 7. The zero-order valence-electron chi connectivity index (χ0n) is 20.6. The first-order valence-corrected chi connectivity index (χ1v) is 12.3. The van der Waals surface area contributed by atoms with Crippen LogP contribution in [0, 0.1) is 5.41 Å². The fourth-order valence-electron chi connectivity index (χ4n) is 5.09. The van der Waals surface area contributed by atoms with E-state index in [-0.39, 0.29) is 17.4 Å². The number of rotatable bonds is 6. The van der Waals surface area contributed by atoms with Gasteiger partial charge in [0.1, 0.15) is 23.2 Å². The summed E-state index contributed by atoms with van der Waals surface area (Å²) in [5, 5.41) is 7.82. The Kier molecular flexibility index (Phi) is 5.71.